The molecule has 0 aliphatic carbocycles. The summed E-state index contributed by atoms with van der Waals surface area (Å²) in [6.45, 7) is 0. The second kappa shape index (κ2) is 6.31. The summed E-state index contributed by atoms with van der Waals surface area (Å²) in [5.41, 5.74) is 2.02. The third-order valence-electron chi connectivity index (χ3n) is 2.28. The molecule has 3 heteroatoms. The third kappa shape index (κ3) is 3.53. The van der Waals surface area contributed by atoms with Crippen LogP contribution in [0.25, 0.3) is 0 Å². The number of hydrogen-bond donors (Lipinski definition) is 1. The van der Waals surface area contributed by atoms with Crippen LogP contribution in [0.4, 0.5) is 0 Å². The normalized spacial score (nSPS) is 9.56. The molecule has 2 aromatic rings. The van der Waals surface area contributed by atoms with Gasteiger partial charge in [0.2, 0.25) is 0 Å². The summed E-state index contributed by atoms with van der Waals surface area (Å²) < 4.78 is 0. The van der Waals surface area contributed by atoms with E-state index in [1.54, 1.807) is 18.2 Å². The zero-order valence-electron chi connectivity index (χ0n) is 9.15. The molecule has 0 aliphatic rings. The van der Waals surface area contributed by atoms with E-state index in [2.05, 4.69) is 0 Å². The summed E-state index contributed by atoms with van der Waals surface area (Å²) in [6, 6.07) is 15.1. The summed E-state index contributed by atoms with van der Waals surface area (Å²) >= 11 is 5.87. The Kier molecular flexibility index (Phi) is 5.36. The smallest absolute Gasteiger partial charge is 0.119 e. The second-order valence-electron chi connectivity index (χ2n) is 3.44. The van der Waals surface area contributed by atoms with Gasteiger partial charge in [-0.05, 0) is 29.3 Å². The molecule has 0 atom stereocenters. The van der Waals surface area contributed by atoms with E-state index in [-0.39, 0.29) is 29.6 Å². The first-order valence-corrected chi connectivity index (χ1v) is 5.15. The molecular formula is C13H11ClNaO. The van der Waals surface area contributed by atoms with Gasteiger partial charge in [-0.2, -0.15) is 0 Å². The van der Waals surface area contributed by atoms with Crippen molar-refractivity contribution >= 4 is 41.2 Å². The van der Waals surface area contributed by atoms with Crippen LogP contribution < -0.4 is 0 Å². The first-order chi connectivity index (χ1) is 7.25. The quantitative estimate of drug-likeness (QED) is 0.801. The van der Waals surface area contributed by atoms with Crippen LogP contribution in [0, 0.1) is 0 Å². The van der Waals surface area contributed by atoms with Crippen molar-refractivity contribution in [2.45, 2.75) is 6.42 Å². The number of halogens is 1. The maximum Gasteiger partial charge on any atom is 0.119 e. The maximum absolute atomic E-state index is 9.64. The van der Waals surface area contributed by atoms with E-state index in [9.17, 15) is 5.11 Å². The molecule has 16 heavy (non-hydrogen) atoms. The summed E-state index contributed by atoms with van der Waals surface area (Å²) in [6.07, 6.45) is 0.702. The molecular weight excluding hydrogens is 231 g/mol. The van der Waals surface area contributed by atoms with Gasteiger partial charge in [0.15, 0.2) is 0 Å². The van der Waals surface area contributed by atoms with Gasteiger partial charge in [0.25, 0.3) is 0 Å². The molecule has 1 radical (unpaired) electrons. The number of benzene rings is 2. The van der Waals surface area contributed by atoms with Crippen LogP contribution >= 0.6 is 11.6 Å². The average molecular weight is 242 g/mol. The van der Waals surface area contributed by atoms with Crippen molar-refractivity contribution in [2.75, 3.05) is 0 Å². The van der Waals surface area contributed by atoms with E-state index >= 15 is 0 Å². The van der Waals surface area contributed by atoms with E-state index in [1.807, 2.05) is 30.3 Å². The molecule has 2 rings (SSSR count). The maximum atomic E-state index is 9.64. The van der Waals surface area contributed by atoms with Crippen LogP contribution in [0.15, 0.2) is 48.5 Å². The van der Waals surface area contributed by atoms with Crippen molar-refractivity contribution in [3.8, 4) is 5.75 Å². The van der Waals surface area contributed by atoms with E-state index in [0.29, 0.717) is 17.2 Å². The Balaban J connectivity index is 0.00000128. The van der Waals surface area contributed by atoms with Crippen LogP contribution in [-0.4, -0.2) is 34.7 Å². The minimum Gasteiger partial charge on any atom is -0.508 e. The molecule has 0 fully saturated rings. The van der Waals surface area contributed by atoms with Gasteiger partial charge in [-0.25, -0.2) is 0 Å². The van der Waals surface area contributed by atoms with Gasteiger partial charge in [0, 0.05) is 41.0 Å². The van der Waals surface area contributed by atoms with Crippen molar-refractivity contribution in [3.05, 3.63) is 64.7 Å². The largest absolute Gasteiger partial charge is 0.508 e. The molecule has 0 spiro atoms. The van der Waals surface area contributed by atoms with Gasteiger partial charge in [-0.3, -0.25) is 0 Å². The Labute approximate surface area is 122 Å². The fourth-order valence-electron chi connectivity index (χ4n) is 1.51. The zero-order chi connectivity index (χ0) is 10.7. The minimum atomic E-state index is 0. The Bertz CT molecular complexity index is 457. The predicted octanol–water partition coefficient (Wildman–Crippen LogP) is 3.26. The summed E-state index contributed by atoms with van der Waals surface area (Å²) in [5.74, 6) is 0.295. The minimum absolute atomic E-state index is 0. The van der Waals surface area contributed by atoms with Crippen LogP contribution in [-0.2, 0) is 6.42 Å². The molecule has 0 saturated carbocycles. The second-order valence-corrected chi connectivity index (χ2v) is 3.87. The first kappa shape index (κ1) is 13.6. The molecule has 77 valence electrons. The first-order valence-electron chi connectivity index (χ1n) is 4.77. The fraction of sp³-hybridized carbons (Fsp3) is 0.0769. The molecule has 0 saturated heterocycles. The number of rotatable bonds is 2. The van der Waals surface area contributed by atoms with Crippen molar-refractivity contribution in [1.82, 2.24) is 0 Å². The Morgan fingerprint density at radius 3 is 2.38 bits per heavy atom. The van der Waals surface area contributed by atoms with Crippen molar-refractivity contribution in [1.29, 1.82) is 0 Å². The monoisotopic (exact) mass is 241 g/mol. The molecule has 1 N–H and O–H groups in total. The van der Waals surface area contributed by atoms with E-state index in [4.69, 9.17) is 11.6 Å². The average Bonchev–Trinajstić information content (AvgIpc) is 2.25. The van der Waals surface area contributed by atoms with Gasteiger partial charge in [0.05, 0.1) is 0 Å². The van der Waals surface area contributed by atoms with Gasteiger partial charge in [0.1, 0.15) is 5.75 Å². The molecule has 0 bridgehead atoms. The van der Waals surface area contributed by atoms with Crippen LogP contribution in [0.2, 0.25) is 5.02 Å². The van der Waals surface area contributed by atoms with Gasteiger partial charge < -0.3 is 5.11 Å². The van der Waals surface area contributed by atoms with E-state index < -0.39 is 0 Å². The molecule has 0 aliphatic heterocycles. The molecule has 0 amide bonds. The number of phenolic OH excluding ortho intramolecular Hbond substituents is 1. The fourth-order valence-corrected chi connectivity index (χ4v) is 1.71. The van der Waals surface area contributed by atoms with Crippen LogP contribution in [0.5, 0.6) is 5.75 Å². The summed E-state index contributed by atoms with van der Waals surface area (Å²) in [4.78, 5) is 0. The van der Waals surface area contributed by atoms with Gasteiger partial charge in [-0.15, -0.1) is 0 Å². The third-order valence-corrected chi connectivity index (χ3v) is 2.51. The van der Waals surface area contributed by atoms with E-state index in [0.717, 1.165) is 11.1 Å². The predicted molar refractivity (Wildman–Crippen MR) is 68.1 cm³/mol. The van der Waals surface area contributed by atoms with Crippen molar-refractivity contribution < 1.29 is 5.11 Å². The number of hydrogen-bond acceptors (Lipinski definition) is 1. The number of phenols is 1. The molecule has 2 aromatic carbocycles. The van der Waals surface area contributed by atoms with Gasteiger partial charge >= 0.3 is 0 Å². The summed E-state index contributed by atoms with van der Waals surface area (Å²) in [5, 5.41) is 10.3. The molecule has 0 aromatic heterocycles. The van der Waals surface area contributed by atoms with Crippen molar-refractivity contribution in [2.24, 2.45) is 0 Å². The standard InChI is InChI=1S/C13H11ClO.Na/c14-12-6-7-13(15)11(9-12)8-10-4-2-1-3-5-10;/h1-7,9,15H,8H2;. The molecule has 0 unspecified atom stereocenters. The van der Waals surface area contributed by atoms with Gasteiger partial charge in [-0.1, -0.05) is 41.9 Å². The Morgan fingerprint density at radius 2 is 1.69 bits per heavy atom. The zero-order valence-corrected chi connectivity index (χ0v) is 11.9. The Hall–Kier alpha value is -0.470. The summed E-state index contributed by atoms with van der Waals surface area (Å²) in [7, 11) is 0. The van der Waals surface area contributed by atoms with E-state index in [1.165, 1.54) is 0 Å². The molecule has 0 heterocycles. The topological polar surface area (TPSA) is 20.2 Å². The number of aromatic hydroxyl groups is 1. The van der Waals surface area contributed by atoms with Crippen LogP contribution in [0.1, 0.15) is 11.1 Å². The Morgan fingerprint density at radius 1 is 1.00 bits per heavy atom. The van der Waals surface area contributed by atoms with Crippen molar-refractivity contribution in [3.63, 3.8) is 0 Å². The molecule has 1 nitrogen and oxygen atoms in total. The van der Waals surface area contributed by atoms with Crippen LogP contribution in [0.3, 0.4) is 0 Å². The SMILES string of the molecule is Oc1ccc(Cl)cc1Cc1ccccc1.[Na].